The number of pyridine rings is 1. The normalized spacial score (nSPS) is 20.7. The number of anilines is 1. The summed E-state index contributed by atoms with van der Waals surface area (Å²) in [5, 5.41) is 12.4. The molecule has 1 aromatic rings. The Morgan fingerprint density at radius 3 is 3.18 bits per heavy atom. The van der Waals surface area contributed by atoms with Gasteiger partial charge in [-0.1, -0.05) is 6.07 Å². The van der Waals surface area contributed by atoms with Gasteiger partial charge in [0.25, 0.3) is 0 Å². The monoisotopic (exact) mass is 235 g/mol. The van der Waals surface area contributed by atoms with E-state index in [-0.39, 0.29) is 0 Å². The molecule has 4 heteroatoms. The third-order valence-electron chi connectivity index (χ3n) is 3.26. The quantitative estimate of drug-likeness (QED) is 0.808. The SMILES string of the molecule is CCNc1ncccc1CN1CCC(CO)C1. The highest BCUT2D eigenvalue weighted by Crippen LogP contribution is 2.20. The maximum Gasteiger partial charge on any atom is 0.130 e. The molecule has 1 aliphatic rings. The second-order valence-electron chi connectivity index (χ2n) is 4.61. The number of aliphatic hydroxyl groups is 1. The molecule has 0 radical (unpaired) electrons. The van der Waals surface area contributed by atoms with Gasteiger partial charge in [-0.2, -0.15) is 0 Å². The minimum atomic E-state index is 0.309. The lowest BCUT2D eigenvalue weighted by Crippen LogP contribution is -2.22. The van der Waals surface area contributed by atoms with Crippen molar-refractivity contribution in [2.45, 2.75) is 19.9 Å². The molecule has 1 fully saturated rings. The van der Waals surface area contributed by atoms with Crippen LogP contribution in [-0.2, 0) is 6.54 Å². The average Bonchev–Trinajstić information content (AvgIpc) is 2.80. The highest BCUT2D eigenvalue weighted by molar-refractivity contribution is 5.43. The van der Waals surface area contributed by atoms with E-state index < -0.39 is 0 Å². The van der Waals surface area contributed by atoms with Crippen LogP contribution in [0.5, 0.6) is 0 Å². The molecule has 2 rings (SSSR count). The van der Waals surface area contributed by atoms with E-state index >= 15 is 0 Å². The number of nitrogens with zero attached hydrogens (tertiary/aromatic N) is 2. The topological polar surface area (TPSA) is 48.4 Å². The Balaban J connectivity index is 1.98. The highest BCUT2D eigenvalue weighted by atomic mass is 16.3. The molecule has 1 aromatic heterocycles. The predicted octanol–water partition coefficient (Wildman–Crippen LogP) is 1.33. The second kappa shape index (κ2) is 5.98. The summed E-state index contributed by atoms with van der Waals surface area (Å²) in [6.07, 6.45) is 2.93. The molecule has 1 aliphatic heterocycles. The lowest BCUT2D eigenvalue weighted by Gasteiger charge is -2.17. The zero-order valence-electron chi connectivity index (χ0n) is 10.4. The smallest absolute Gasteiger partial charge is 0.130 e. The molecule has 4 nitrogen and oxygen atoms in total. The third-order valence-corrected chi connectivity index (χ3v) is 3.26. The number of rotatable bonds is 5. The lowest BCUT2D eigenvalue weighted by atomic mass is 10.1. The molecule has 94 valence electrons. The van der Waals surface area contributed by atoms with Gasteiger partial charge in [-0.15, -0.1) is 0 Å². The number of nitrogens with one attached hydrogen (secondary N) is 1. The van der Waals surface area contributed by atoms with Gasteiger partial charge in [-0.25, -0.2) is 4.98 Å². The van der Waals surface area contributed by atoms with E-state index in [4.69, 9.17) is 5.11 Å². The molecular weight excluding hydrogens is 214 g/mol. The first-order valence-electron chi connectivity index (χ1n) is 6.34. The maximum atomic E-state index is 9.14. The summed E-state index contributed by atoms with van der Waals surface area (Å²) in [6, 6.07) is 4.10. The van der Waals surface area contributed by atoms with E-state index in [0.717, 1.165) is 38.4 Å². The maximum absolute atomic E-state index is 9.14. The number of aromatic nitrogens is 1. The van der Waals surface area contributed by atoms with Crippen LogP contribution in [0.2, 0.25) is 0 Å². The van der Waals surface area contributed by atoms with Crippen LogP contribution in [0.1, 0.15) is 18.9 Å². The fourth-order valence-corrected chi connectivity index (χ4v) is 2.34. The fraction of sp³-hybridized carbons (Fsp3) is 0.615. The standard InChI is InChI=1S/C13H21N3O/c1-2-14-13-12(4-3-6-15-13)9-16-7-5-11(8-16)10-17/h3-4,6,11,17H,2,5,7-10H2,1H3,(H,14,15). The van der Waals surface area contributed by atoms with E-state index in [1.54, 1.807) is 0 Å². The van der Waals surface area contributed by atoms with Crippen LogP contribution in [0.3, 0.4) is 0 Å². The zero-order valence-corrected chi connectivity index (χ0v) is 10.4. The van der Waals surface area contributed by atoms with Crippen molar-refractivity contribution in [3.63, 3.8) is 0 Å². The van der Waals surface area contributed by atoms with Crippen molar-refractivity contribution < 1.29 is 5.11 Å². The molecule has 0 bridgehead atoms. The van der Waals surface area contributed by atoms with Gasteiger partial charge in [-0.3, -0.25) is 4.90 Å². The molecule has 1 atom stereocenters. The summed E-state index contributed by atoms with van der Waals surface area (Å²) in [6.45, 7) is 6.28. The van der Waals surface area contributed by atoms with Gasteiger partial charge in [-0.05, 0) is 31.9 Å². The van der Waals surface area contributed by atoms with E-state index in [2.05, 4.69) is 28.2 Å². The van der Waals surface area contributed by atoms with Crippen LogP contribution >= 0.6 is 0 Å². The third kappa shape index (κ3) is 3.17. The van der Waals surface area contributed by atoms with Gasteiger partial charge < -0.3 is 10.4 Å². The first-order valence-corrected chi connectivity index (χ1v) is 6.34. The Bertz CT molecular complexity index is 356. The van der Waals surface area contributed by atoms with Crippen LogP contribution in [-0.4, -0.2) is 41.2 Å². The second-order valence-corrected chi connectivity index (χ2v) is 4.61. The zero-order chi connectivity index (χ0) is 12.1. The number of hydrogen-bond donors (Lipinski definition) is 2. The van der Waals surface area contributed by atoms with E-state index in [9.17, 15) is 0 Å². The summed E-state index contributed by atoms with van der Waals surface area (Å²) < 4.78 is 0. The van der Waals surface area contributed by atoms with Crippen molar-refractivity contribution in [1.29, 1.82) is 0 Å². The summed E-state index contributed by atoms with van der Waals surface area (Å²) in [5.41, 5.74) is 1.24. The predicted molar refractivity (Wildman–Crippen MR) is 68.9 cm³/mol. The van der Waals surface area contributed by atoms with Crippen molar-refractivity contribution in [3.8, 4) is 0 Å². The fourth-order valence-electron chi connectivity index (χ4n) is 2.34. The molecule has 17 heavy (non-hydrogen) atoms. The summed E-state index contributed by atoms with van der Waals surface area (Å²) >= 11 is 0. The van der Waals surface area contributed by atoms with Crippen LogP contribution in [0.15, 0.2) is 18.3 Å². The number of aliphatic hydroxyl groups excluding tert-OH is 1. The van der Waals surface area contributed by atoms with Gasteiger partial charge in [0.2, 0.25) is 0 Å². The minimum absolute atomic E-state index is 0.309. The number of likely N-dealkylation sites (tertiary alicyclic amines) is 1. The van der Waals surface area contributed by atoms with Crippen LogP contribution in [0, 0.1) is 5.92 Å². The summed E-state index contributed by atoms with van der Waals surface area (Å²) in [5.74, 6) is 1.44. The Morgan fingerprint density at radius 2 is 2.47 bits per heavy atom. The molecular formula is C13H21N3O. The first kappa shape index (κ1) is 12.3. The molecule has 0 saturated carbocycles. The summed E-state index contributed by atoms with van der Waals surface area (Å²) in [7, 11) is 0. The van der Waals surface area contributed by atoms with Crippen molar-refractivity contribution in [2.75, 3.05) is 31.6 Å². The Labute approximate surface area is 103 Å². The van der Waals surface area contributed by atoms with Gasteiger partial charge >= 0.3 is 0 Å². The van der Waals surface area contributed by atoms with Crippen molar-refractivity contribution in [2.24, 2.45) is 5.92 Å². The van der Waals surface area contributed by atoms with Gasteiger partial charge in [0.1, 0.15) is 5.82 Å². The molecule has 2 heterocycles. The van der Waals surface area contributed by atoms with E-state index in [1.165, 1.54) is 5.56 Å². The van der Waals surface area contributed by atoms with E-state index in [1.807, 2.05) is 12.3 Å². The van der Waals surface area contributed by atoms with Crippen LogP contribution in [0.4, 0.5) is 5.82 Å². The molecule has 0 aromatic carbocycles. The number of hydrogen-bond acceptors (Lipinski definition) is 4. The van der Waals surface area contributed by atoms with E-state index in [0.29, 0.717) is 12.5 Å². The van der Waals surface area contributed by atoms with Gasteiger partial charge in [0.05, 0.1) is 0 Å². The molecule has 0 spiro atoms. The van der Waals surface area contributed by atoms with Gasteiger partial charge in [0, 0.05) is 38.0 Å². The molecule has 0 amide bonds. The highest BCUT2D eigenvalue weighted by Gasteiger charge is 2.22. The summed E-state index contributed by atoms with van der Waals surface area (Å²) in [4.78, 5) is 6.75. The molecule has 1 unspecified atom stereocenters. The van der Waals surface area contributed by atoms with Crippen LogP contribution in [0.25, 0.3) is 0 Å². The Kier molecular flexibility index (Phi) is 4.34. The molecule has 0 aliphatic carbocycles. The molecule has 2 N–H and O–H groups in total. The van der Waals surface area contributed by atoms with Crippen molar-refractivity contribution >= 4 is 5.82 Å². The molecule has 1 saturated heterocycles. The minimum Gasteiger partial charge on any atom is -0.396 e. The van der Waals surface area contributed by atoms with Crippen molar-refractivity contribution in [3.05, 3.63) is 23.9 Å². The van der Waals surface area contributed by atoms with Gasteiger partial charge in [0.15, 0.2) is 0 Å². The van der Waals surface area contributed by atoms with Crippen LogP contribution < -0.4 is 5.32 Å². The Hall–Kier alpha value is -1.13. The van der Waals surface area contributed by atoms with Crippen molar-refractivity contribution in [1.82, 2.24) is 9.88 Å². The lowest BCUT2D eigenvalue weighted by molar-refractivity contribution is 0.220. The average molecular weight is 235 g/mol. The first-order chi connectivity index (χ1) is 8.33. The largest absolute Gasteiger partial charge is 0.396 e. The Morgan fingerprint density at radius 1 is 1.59 bits per heavy atom.